The van der Waals surface area contributed by atoms with E-state index in [1.165, 1.54) is 6.08 Å². The number of hydrogen-bond donors (Lipinski definition) is 12. The van der Waals surface area contributed by atoms with Crippen LogP contribution in [0.4, 0.5) is 0 Å². The van der Waals surface area contributed by atoms with E-state index in [1.807, 2.05) is 0 Å². The van der Waals surface area contributed by atoms with E-state index in [0.717, 1.165) is 19.3 Å². The minimum Gasteiger partial charge on any atom is -0.393 e. The van der Waals surface area contributed by atoms with Gasteiger partial charge in [-0.05, 0) is 77.0 Å². The maximum atomic E-state index is 10.2. The van der Waals surface area contributed by atoms with Crippen molar-refractivity contribution in [2.75, 3.05) is 0 Å². The highest BCUT2D eigenvalue weighted by Gasteiger charge is 2.26. The first kappa shape index (κ1) is 42.3. The Balaban J connectivity index is 4.28. The molecule has 0 fully saturated rings. The molecule has 0 aromatic heterocycles. The molecule has 0 saturated carbocycles. The van der Waals surface area contributed by atoms with Crippen LogP contribution in [0.3, 0.4) is 0 Å². The molecule has 0 aliphatic rings. The van der Waals surface area contributed by atoms with Crippen LogP contribution in [0.15, 0.2) is 12.7 Å². The zero-order valence-corrected chi connectivity index (χ0v) is 25.9. The topological polar surface area (TPSA) is 243 Å². The van der Waals surface area contributed by atoms with Gasteiger partial charge in [-0.25, -0.2) is 0 Å². The smallest absolute Gasteiger partial charge is 0.0823 e. The van der Waals surface area contributed by atoms with Crippen LogP contribution in [0.5, 0.6) is 0 Å². The first-order valence-electron chi connectivity index (χ1n) is 15.9. The average Bonchev–Trinajstić information content (AvgIpc) is 2.86. The zero-order valence-electron chi connectivity index (χ0n) is 25.9. The van der Waals surface area contributed by atoms with Gasteiger partial charge in [-0.15, -0.1) is 6.58 Å². The van der Waals surface area contributed by atoms with Gasteiger partial charge < -0.3 is 61.3 Å². The van der Waals surface area contributed by atoms with Crippen LogP contribution in [0.25, 0.3) is 0 Å². The molecule has 0 saturated heterocycles. The van der Waals surface area contributed by atoms with Crippen LogP contribution in [0.2, 0.25) is 0 Å². The standard InChI is InChI=1S/C31H62O12/c1-3-5-6-8-21(33)12-24(36)15-26(38)16-25(37)13-22(34)9-10-30(42)31(43)19-29(41)18-28(40)17-27(39)14-23(35)11-20(32)7-4-2/h4,20-43H,2-3,5-19H2,1H3. The molecule has 12 atom stereocenters. The highest BCUT2D eigenvalue weighted by Crippen LogP contribution is 2.19. The van der Waals surface area contributed by atoms with E-state index < -0.39 is 73.2 Å². The summed E-state index contributed by atoms with van der Waals surface area (Å²) >= 11 is 0. The summed E-state index contributed by atoms with van der Waals surface area (Å²) in [6, 6.07) is 0. The maximum absolute atomic E-state index is 10.2. The minimum absolute atomic E-state index is 0.0128. The fourth-order valence-corrected chi connectivity index (χ4v) is 5.33. The third-order valence-corrected chi connectivity index (χ3v) is 7.69. The summed E-state index contributed by atoms with van der Waals surface area (Å²) in [4.78, 5) is 0. The summed E-state index contributed by atoms with van der Waals surface area (Å²) < 4.78 is 0. The van der Waals surface area contributed by atoms with Crippen LogP contribution >= 0.6 is 0 Å². The maximum Gasteiger partial charge on any atom is 0.0823 e. The predicted molar refractivity (Wildman–Crippen MR) is 162 cm³/mol. The average molecular weight is 627 g/mol. The van der Waals surface area contributed by atoms with Gasteiger partial charge in [-0.1, -0.05) is 32.3 Å². The Morgan fingerprint density at radius 2 is 0.744 bits per heavy atom. The number of aliphatic hydroxyl groups is 12. The lowest BCUT2D eigenvalue weighted by Crippen LogP contribution is -2.33. The van der Waals surface area contributed by atoms with Crippen molar-refractivity contribution in [1.82, 2.24) is 0 Å². The van der Waals surface area contributed by atoms with Crippen molar-refractivity contribution >= 4 is 0 Å². The van der Waals surface area contributed by atoms with Gasteiger partial charge >= 0.3 is 0 Å². The van der Waals surface area contributed by atoms with Crippen molar-refractivity contribution < 1.29 is 61.3 Å². The quantitative estimate of drug-likeness (QED) is 0.0398. The van der Waals surface area contributed by atoms with Crippen LogP contribution in [-0.2, 0) is 0 Å². The summed E-state index contributed by atoms with van der Waals surface area (Å²) in [7, 11) is 0. The van der Waals surface area contributed by atoms with E-state index in [0.29, 0.717) is 12.8 Å². The highest BCUT2D eigenvalue weighted by atomic mass is 16.3. The fourth-order valence-electron chi connectivity index (χ4n) is 5.33. The molecule has 0 amide bonds. The molecular formula is C31H62O12. The first-order valence-corrected chi connectivity index (χ1v) is 15.9. The molecule has 12 nitrogen and oxygen atoms in total. The van der Waals surface area contributed by atoms with Gasteiger partial charge in [0.2, 0.25) is 0 Å². The Bertz CT molecular complexity index is 671. The third kappa shape index (κ3) is 23.3. The van der Waals surface area contributed by atoms with E-state index in [9.17, 15) is 61.3 Å². The monoisotopic (exact) mass is 626 g/mol. The molecule has 0 aromatic carbocycles. The zero-order chi connectivity index (χ0) is 32.9. The van der Waals surface area contributed by atoms with Gasteiger partial charge in [-0.2, -0.15) is 0 Å². The third-order valence-electron chi connectivity index (χ3n) is 7.69. The van der Waals surface area contributed by atoms with E-state index in [-0.39, 0.29) is 70.6 Å². The Morgan fingerprint density at radius 1 is 0.395 bits per heavy atom. The Kier molecular flexibility index (Phi) is 24.1. The Hall–Kier alpha value is -0.740. The molecule has 0 aliphatic carbocycles. The van der Waals surface area contributed by atoms with Crippen molar-refractivity contribution in [3.05, 3.63) is 12.7 Å². The van der Waals surface area contributed by atoms with Gasteiger partial charge in [0.15, 0.2) is 0 Å². The molecule has 12 heteroatoms. The summed E-state index contributed by atoms with van der Waals surface area (Å²) in [5.74, 6) is 0. The van der Waals surface area contributed by atoms with Crippen molar-refractivity contribution in [2.45, 2.75) is 183 Å². The van der Waals surface area contributed by atoms with Gasteiger partial charge in [0.25, 0.3) is 0 Å². The largest absolute Gasteiger partial charge is 0.393 e. The summed E-state index contributed by atoms with van der Waals surface area (Å²) in [5, 5.41) is 121. The Morgan fingerprint density at radius 3 is 1.14 bits per heavy atom. The molecule has 12 N–H and O–H groups in total. The molecular weight excluding hydrogens is 564 g/mol. The van der Waals surface area contributed by atoms with Gasteiger partial charge in [0, 0.05) is 6.42 Å². The summed E-state index contributed by atoms with van der Waals surface area (Å²) in [6.07, 6.45) is -7.80. The van der Waals surface area contributed by atoms with Crippen molar-refractivity contribution in [2.24, 2.45) is 0 Å². The summed E-state index contributed by atoms with van der Waals surface area (Å²) in [6.45, 7) is 5.56. The van der Waals surface area contributed by atoms with Crippen molar-refractivity contribution in [3.8, 4) is 0 Å². The van der Waals surface area contributed by atoms with Crippen molar-refractivity contribution in [3.63, 3.8) is 0 Å². The predicted octanol–water partition coefficient (Wildman–Crippen LogP) is -0.235. The lowest BCUT2D eigenvalue weighted by Gasteiger charge is -2.25. The molecule has 0 aromatic rings. The van der Waals surface area contributed by atoms with Gasteiger partial charge in [0.05, 0.1) is 73.2 Å². The number of unbranched alkanes of at least 4 members (excludes halogenated alkanes) is 2. The van der Waals surface area contributed by atoms with Crippen molar-refractivity contribution in [1.29, 1.82) is 0 Å². The normalized spacial score (nSPS) is 20.7. The number of hydrogen-bond acceptors (Lipinski definition) is 12. The second kappa shape index (κ2) is 24.5. The summed E-state index contributed by atoms with van der Waals surface area (Å²) in [5.41, 5.74) is 0. The van der Waals surface area contributed by atoms with Gasteiger partial charge in [0.1, 0.15) is 0 Å². The molecule has 0 rings (SSSR count). The molecule has 0 heterocycles. The molecule has 0 bridgehead atoms. The van der Waals surface area contributed by atoms with E-state index >= 15 is 0 Å². The molecule has 0 aliphatic heterocycles. The lowest BCUT2D eigenvalue weighted by molar-refractivity contribution is -0.0369. The molecule has 12 unspecified atom stereocenters. The van der Waals surface area contributed by atoms with Gasteiger partial charge in [-0.3, -0.25) is 0 Å². The van der Waals surface area contributed by atoms with Crippen LogP contribution in [-0.4, -0.2) is 135 Å². The lowest BCUT2D eigenvalue weighted by atomic mass is 9.94. The molecule has 258 valence electrons. The van der Waals surface area contributed by atoms with Crippen LogP contribution in [0.1, 0.15) is 110 Å². The fraction of sp³-hybridized carbons (Fsp3) is 0.935. The van der Waals surface area contributed by atoms with Crippen LogP contribution < -0.4 is 0 Å². The number of rotatable bonds is 28. The first-order chi connectivity index (χ1) is 20.2. The Labute approximate surface area is 257 Å². The highest BCUT2D eigenvalue weighted by molar-refractivity contribution is 4.79. The second-order valence-corrected chi connectivity index (χ2v) is 12.4. The SMILES string of the molecule is C=CCC(O)CC(O)CC(O)CC(O)CC(O)CC(O)C(O)CCC(O)CC(O)CC(O)CC(O)CC(O)CCCCC. The van der Waals surface area contributed by atoms with E-state index in [4.69, 9.17) is 0 Å². The molecule has 0 radical (unpaired) electrons. The second-order valence-electron chi connectivity index (χ2n) is 12.4. The van der Waals surface area contributed by atoms with E-state index in [2.05, 4.69) is 13.5 Å². The van der Waals surface area contributed by atoms with Crippen LogP contribution in [0, 0.1) is 0 Å². The van der Waals surface area contributed by atoms with E-state index in [1.54, 1.807) is 0 Å². The molecule has 0 spiro atoms. The minimum atomic E-state index is -1.35. The molecule has 43 heavy (non-hydrogen) atoms. The number of aliphatic hydroxyl groups excluding tert-OH is 12.